The molecule has 1 N–H and O–H groups in total. The quantitative estimate of drug-likeness (QED) is 0.754. The number of fused-ring (bicyclic) bond motifs is 1. The van der Waals surface area contributed by atoms with E-state index in [2.05, 4.69) is 21.4 Å². The highest BCUT2D eigenvalue weighted by Crippen LogP contribution is 2.39. The first kappa shape index (κ1) is 15.9. The Hall–Kier alpha value is -2.56. The van der Waals surface area contributed by atoms with Gasteiger partial charge in [-0.05, 0) is 43.9 Å². The number of aryl methyl sites for hydroxylation is 2. The van der Waals surface area contributed by atoms with E-state index < -0.39 is 0 Å². The Balaban J connectivity index is 1.63. The molecule has 4 rings (SSSR count). The number of carbonyl (C=O) groups excluding carboxylic acids is 1. The van der Waals surface area contributed by atoms with E-state index in [1.54, 1.807) is 12.4 Å². The molecule has 0 atom stereocenters. The predicted molar refractivity (Wildman–Crippen MR) is 99.1 cm³/mol. The summed E-state index contributed by atoms with van der Waals surface area (Å²) >= 11 is 2.87. The van der Waals surface area contributed by atoms with E-state index in [-0.39, 0.29) is 5.91 Å². The monoisotopic (exact) mass is 366 g/mol. The third-order valence-electron chi connectivity index (χ3n) is 4.17. The van der Waals surface area contributed by atoms with E-state index in [0.717, 1.165) is 35.4 Å². The third-order valence-corrected chi connectivity index (χ3v) is 6.58. The van der Waals surface area contributed by atoms with Gasteiger partial charge in [-0.15, -0.1) is 22.7 Å². The molecule has 5 nitrogen and oxygen atoms in total. The fraction of sp³-hybridized carbons (Fsp3) is 0.222. The summed E-state index contributed by atoms with van der Waals surface area (Å²) in [7, 11) is 0. The van der Waals surface area contributed by atoms with Crippen molar-refractivity contribution in [2.75, 3.05) is 5.32 Å². The van der Waals surface area contributed by atoms with Crippen molar-refractivity contribution in [3.63, 3.8) is 0 Å². The van der Waals surface area contributed by atoms with Crippen LogP contribution in [0.3, 0.4) is 0 Å². The minimum Gasteiger partial charge on any atom is -0.312 e. The number of thiazole rings is 1. The molecule has 0 radical (unpaired) electrons. The second-order valence-electron chi connectivity index (χ2n) is 5.80. The Morgan fingerprint density at radius 1 is 1.36 bits per heavy atom. The zero-order valence-electron chi connectivity index (χ0n) is 13.5. The summed E-state index contributed by atoms with van der Waals surface area (Å²) in [5.41, 5.74) is 3.31. The van der Waals surface area contributed by atoms with Crippen LogP contribution in [-0.4, -0.2) is 15.9 Å². The van der Waals surface area contributed by atoms with Crippen LogP contribution in [0.15, 0.2) is 24.5 Å². The molecule has 0 aliphatic heterocycles. The lowest BCUT2D eigenvalue weighted by Crippen LogP contribution is -2.11. The zero-order valence-corrected chi connectivity index (χ0v) is 15.1. The molecule has 0 saturated heterocycles. The number of carbonyl (C=O) groups is 1. The number of pyridine rings is 1. The number of nitrogens with zero attached hydrogens (tertiary/aromatic N) is 3. The largest absolute Gasteiger partial charge is 0.312 e. The normalized spacial score (nSPS) is 12.6. The SMILES string of the molecule is Cc1nc(-c2cccnc2)sc1C(=O)Nc1sc2c(c1C#N)CCC2. The van der Waals surface area contributed by atoms with Crippen LogP contribution in [0.5, 0.6) is 0 Å². The van der Waals surface area contributed by atoms with Gasteiger partial charge < -0.3 is 5.32 Å². The fourth-order valence-electron chi connectivity index (χ4n) is 2.99. The van der Waals surface area contributed by atoms with Gasteiger partial charge in [0.15, 0.2) is 0 Å². The first-order valence-corrected chi connectivity index (χ1v) is 9.54. The summed E-state index contributed by atoms with van der Waals surface area (Å²) in [6, 6.07) is 6.02. The minimum absolute atomic E-state index is 0.207. The van der Waals surface area contributed by atoms with Gasteiger partial charge >= 0.3 is 0 Å². The molecule has 1 aliphatic carbocycles. The molecule has 0 spiro atoms. The van der Waals surface area contributed by atoms with Crippen molar-refractivity contribution in [1.82, 2.24) is 9.97 Å². The Labute approximate surface area is 153 Å². The van der Waals surface area contributed by atoms with Gasteiger partial charge in [0.1, 0.15) is 21.0 Å². The highest BCUT2D eigenvalue weighted by Gasteiger charge is 2.24. The Kier molecular flexibility index (Phi) is 4.07. The van der Waals surface area contributed by atoms with Gasteiger partial charge in [-0.3, -0.25) is 9.78 Å². The van der Waals surface area contributed by atoms with Gasteiger partial charge in [0.2, 0.25) is 0 Å². The number of hydrogen-bond donors (Lipinski definition) is 1. The summed E-state index contributed by atoms with van der Waals surface area (Å²) in [5.74, 6) is -0.207. The molecule has 1 amide bonds. The van der Waals surface area contributed by atoms with Crippen LogP contribution < -0.4 is 5.32 Å². The molecular weight excluding hydrogens is 352 g/mol. The summed E-state index contributed by atoms with van der Waals surface area (Å²) < 4.78 is 0. The number of aromatic nitrogens is 2. The lowest BCUT2D eigenvalue weighted by atomic mass is 10.1. The van der Waals surface area contributed by atoms with Crippen molar-refractivity contribution in [2.24, 2.45) is 0 Å². The maximum absolute atomic E-state index is 12.7. The topological polar surface area (TPSA) is 78.7 Å². The molecule has 0 fully saturated rings. The summed E-state index contributed by atoms with van der Waals surface area (Å²) in [5, 5.41) is 13.8. The van der Waals surface area contributed by atoms with E-state index in [4.69, 9.17) is 0 Å². The smallest absolute Gasteiger partial charge is 0.268 e. The van der Waals surface area contributed by atoms with Crippen LogP contribution in [-0.2, 0) is 12.8 Å². The maximum Gasteiger partial charge on any atom is 0.268 e. The lowest BCUT2D eigenvalue weighted by molar-refractivity contribution is 0.103. The van der Waals surface area contributed by atoms with Crippen LogP contribution >= 0.6 is 22.7 Å². The van der Waals surface area contributed by atoms with Crippen LogP contribution in [0.4, 0.5) is 5.00 Å². The van der Waals surface area contributed by atoms with Gasteiger partial charge in [0, 0.05) is 22.8 Å². The van der Waals surface area contributed by atoms with E-state index in [0.29, 0.717) is 21.1 Å². The van der Waals surface area contributed by atoms with Crippen molar-refractivity contribution in [2.45, 2.75) is 26.2 Å². The van der Waals surface area contributed by atoms with Gasteiger partial charge in [0.05, 0.1) is 11.3 Å². The first-order chi connectivity index (χ1) is 12.2. The molecule has 7 heteroatoms. The summed E-state index contributed by atoms with van der Waals surface area (Å²) in [6.07, 6.45) is 6.45. The molecular formula is C18H14N4OS2. The van der Waals surface area contributed by atoms with E-state index in [9.17, 15) is 10.1 Å². The number of anilines is 1. The summed E-state index contributed by atoms with van der Waals surface area (Å²) in [4.78, 5) is 23.1. The van der Waals surface area contributed by atoms with Gasteiger partial charge in [0.25, 0.3) is 5.91 Å². The highest BCUT2D eigenvalue weighted by atomic mass is 32.1. The number of rotatable bonds is 3. The Morgan fingerprint density at radius 2 is 2.24 bits per heavy atom. The summed E-state index contributed by atoms with van der Waals surface area (Å²) in [6.45, 7) is 1.82. The fourth-order valence-corrected chi connectivity index (χ4v) is 5.18. The minimum atomic E-state index is -0.207. The first-order valence-electron chi connectivity index (χ1n) is 7.91. The van der Waals surface area contributed by atoms with Crippen molar-refractivity contribution < 1.29 is 4.79 Å². The van der Waals surface area contributed by atoms with Crippen molar-refractivity contribution >= 4 is 33.6 Å². The van der Waals surface area contributed by atoms with Crippen LogP contribution in [0.2, 0.25) is 0 Å². The number of hydrogen-bond acceptors (Lipinski definition) is 6. The Morgan fingerprint density at radius 3 is 3.00 bits per heavy atom. The number of thiophene rings is 1. The van der Waals surface area contributed by atoms with Crippen molar-refractivity contribution in [3.8, 4) is 16.6 Å². The highest BCUT2D eigenvalue weighted by molar-refractivity contribution is 7.18. The molecule has 124 valence electrons. The molecule has 3 aromatic heterocycles. The van der Waals surface area contributed by atoms with E-state index >= 15 is 0 Å². The Bertz CT molecular complexity index is 998. The van der Waals surface area contributed by atoms with Gasteiger partial charge in [-0.1, -0.05) is 0 Å². The van der Waals surface area contributed by atoms with Crippen LogP contribution in [0.1, 0.15) is 37.8 Å². The molecule has 25 heavy (non-hydrogen) atoms. The number of nitrogens with one attached hydrogen (secondary N) is 1. The van der Waals surface area contributed by atoms with Gasteiger partial charge in [-0.25, -0.2) is 4.98 Å². The number of amides is 1. The molecule has 0 saturated carbocycles. The average molecular weight is 366 g/mol. The number of nitriles is 1. The van der Waals surface area contributed by atoms with E-state index in [1.165, 1.54) is 27.6 Å². The van der Waals surface area contributed by atoms with Crippen LogP contribution in [0, 0.1) is 18.3 Å². The molecule has 1 aliphatic rings. The van der Waals surface area contributed by atoms with Gasteiger partial charge in [-0.2, -0.15) is 5.26 Å². The maximum atomic E-state index is 12.7. The molecule has 3 heterocycles. The van der Waals surface area contributed by atoms with Crippen LogP contribution in [0.25, 0.3) is 10.6 Å². The third kappa shape index (κ3) is 2.84. The molecule has 3 aromatic rings. The molecule has 0 bridgehead atoms. The molecule has 0 aromatic carbocycles. The lowest BCUT2D eigenvalue weighted by Gasteiger charge is -2.02. The average Bonchev–Trinajstić information content (AvgIpc) is 3.30. The van der Waals surface area contributed by atoms with Crippen molar-refractivity contribution in [3.05, 3.63) is 51.1 Å². The molecule has 0 unspecified atom stereocenters. The standard InChI is InChI=1S/C18H14N4OS2/c1-10-15(25-17(21-10)11-4-3-7-20-9-11)16(23)22-18-13(8-19)12-5-2-6-14(12)24-18/h3-4,7,9H,2,5-6H2,1H3,(H,22,23). The van der Waals surface area contributed by atoms with E-state index in [1.807, 2.05) is 19.1 Å². The zero-order chi connectivity index (χ0) is 17.4. The second-order valence-corrected chi connectivity index (χ2v) is 7.91. The predicted octanol–water partition coefficient (Wildman–Crippen LogP) is 4.19. The second kappa shape index (κ2) is 6.39. The van der Waals surface area contributed by atoms with Crippen molar-refractivity contribution in [1.29, 1.82) is 5.26 Å².